The van der Waals surface area contributed by atoms with Gasteiger partial charge in [0.25, 0.3) is 0 Å². The van der Waals surface area contributed by atoms with Crippen molar-refractivity contribution in [2.45, 2.75) is 13.3 Å². The zero-order chi connectivity index (χ0) is 18.2. The Balaban J connectivity index is 1.56. The van der Waals surface area contributed by atoms with Gasteiger partial charge in [0.15, 0.2) is 5.96 Å². The topological polar surface area (TPSA) is 43.8 Å². The molecule has 1 aliphatic rings. The van der Waals surface area contributed by atoms with Gasteiger partial charge < -0.3 is 15.1 Å². The second kappa shape index (κ2) is 9.43. The van der Waals surface area contributed by atoms with Crippen LogP contribution in [0.15, 0.2) is 53.7 Å². The molecule has 6 heteroatoms. The van der Waals surface area contributed by atoms with Gasteiger partial charge in [-0.15, -0.1) is 0 Å². The van der Waals surface area contributed by atoms with Gasteiger partial charge in [-0.05, 0) is 37.3 Å². The summed E-state index contributed by atoms with van der Waals surface area (Å²) in [5.41, 5.74) is 2.27. The summed E-state index contributed by atoms with van der Waals surface area (Å²) in [4.78, 5) is 13.9. The number of nitrogens with one attached hydrogen (secondary N) is 1. The van der Waals surface area contributed by atoms with E-state index >= 15 is 0 Å². The fourth-order valence-corrected chi connectivity index (χ4v) is 3.28. The SMILES string of the molecule is CCNC(=NCCc1ccccn1)N1CCN(c2cccc(Cl)c2)CC1. The fourth-order valence-electron chi connectivity index (χ4n) is 3.10. The van der Waals surface area contributed by atoms with Gasteiger partial charge in [0.2, 0.25) is 0 Å². The molecule has 1 aliphatic heterocycles. The molecule has 1 saturated heterocycles. The molecule has 2 aromatic rings. The van der Waals surface area contributed by atoms with Crippen LogP contribution in [0.25, 0.3) is 0 Å². The highest BCUT2D eigenvalue weighted by Gasteiger charge is 2.19. The standard InChI is InChI=1S/C20H26ClN5/c1-2-22-20(24-11-9-18-7-3-4-10-23-18)26-14-12-25(13-15-26)19-8-5-6-17(21)16-19/h3-8,10,16H,2,9,11-15H2,1H3,(H,22,24). The Bertz CT molecular complexity index is 711. The first-order chi connectivity index (χ1) is 12.8. The van der Waals surface area contributed by atoms with E-state index in [0.29, 0.717) is 0 Å². The Labute approximate surface area is 160 Å². The van der Waals surface area contributed by atoms with Gasteiger partial charge in [0.05, 0.1) is 0 Å². The summed E-state index contributed by atoms with van der Waals surface area (Å²) in [6.45, 7) is 7.54. The number of rotatable bonds is 5. The molecule has 26 heavy (non-hydrogen) atoms. The molecular weight excluding hydrogens is 346 g/mol. The second-order valence-electron chi connectivity index (χ2n) is 6.26. The molecule has 3 rings (SSSR count). The lowest BCUT2D eigenvalue weighted by Crippen LogP contribution is -2.52. The van der Waals surface area contributed by atoms with Crippen LogP contribution >= 0.6 is 11.6 Å². The van der Waals surface area contributed by atoms with Crippen LogP contribution in [0.1, 0.15) is 12.6 Å². The normalized spacial score (nSPS) is 15.2. The molecule has 0 saturated carbocycles. The van der Waals surface area contributed by atoms with E-state index in [1.165, 1.54) is 5.69 Å². The van der Waals surface area contributed by atoms with E-state index in [-0.39, 0.29) is 0 Å². The molecule has 0 aliphatic carbocycles. The van der Waals surface area contributed by atoms with E-state index in [9.17, 15) is 0 Å². The molecule has 2 heterocycles. The third-order valence-corrected chi connectivity index (χ3v) is 4.68. The van der Waals surface area contributed by atoms with Gasteiger partial charge in [0, 0.05) is 68.3 Å². The lowest BCUT2D eigenvalue weighted by molar-refractivity contribution is 0.372. The largest absolute Gasteiger partial charge is 0.368 e. The molecule has 0 amide bonds. The minimum Gasteiger partial charge on any atom is -0.368 e. The number of guanidine groups is 1. The van der Waals surface area contributed by atoms with Crippen molar-refractivity contribution >= 4 is 23.2 Å². The number of hydrogen-bond acceptors (Lipinski definition) is 3. The smallest absolute Gasteiger partial charge is 0.194 e. The maximum absolute atomic E-state index is 6.12. The first-order valence-electron chi connectivity index (χ1n) is 9.20. The number of aromatic nitrogens is 1. The van der Waals surface area contributed by atoms with E-state index in [4.69, 9.17) is 16.6 Å². The molecule has 0 bridgehead atoms. The highest BCUT2D eigenvalue weighted by molar-refractivity contribution is 6.30. The highest BCUT2D eigenvalue weighted by atomic mass is 35.5. The number of pyridine rings is 1. The summed E-state index contributed by atoms with van der Waals surface area (Å²) in [7, 11) is 0. The Hall–Kier alpha value is -2.27. The van der Waals surface area contributed by atoms with E-state index in [2.05, 4.69) is 33.1 Å². The van der Waals surface area contributed by atoms with Crippen LogP contribution < -0.4 is 10.2 Å². The third kappa shape index (κ3) is 5.11. The summed E-state index contributed by atoms with van der Waals surface area (Å²) in [6, 6.07) is 14.1. The van der Waals surface area contributed by atoms with Gasteiger partial charge in [-0.25, -0.2) is 0 Å². The van der Waals surface area contributed by atoms with Crippen molar-refractivity contribution < 1.29 is 0 Å². The molecule has 0 atom stereocenters. The molecule has 138 valence electrons. The third-order valence-electron chi connectivity index (χ3n) is 4.44. The van der Waals surface area contributed by atoms with Crippen molar-refractivity contribution in [1.29, 1.82) is 0 Å². The van der Waals surface area contributed by atoms with E-state index in [1.807, 2.05) is 42.6 Å². The van der Waals surface area contributed by atoms with Crippen molar-refractivity contribution in [2.24, 2.45) is 4.99 Å². The number of benzene rings is 1. The predicted octanol–water partition coefficient (Wildman–Crippen LogP) is 3.07. The van der Waals surface area contributed by atoms with Crippen molar-refractivity contribution in [2.75, 3.05) is 44.2 Å². The minimum atomic E-state index is 0.744. The van der Waals surface area contributed by atoms with Gasteiger partial charge in [-0.3, -0.25) is 9.98 Å². The summed E-state index contributed by atoms with van der Waals surface area (Å²) in [5.74, 6) is 0.995. The lowest BCUT2D eigenvalue weighted by atomic mass is 10.2. The van der Waals surface area contributed by atoms with Crippen LogP contribution in [0.5, 0.6) is 0 Å². The first kappa shape index (κ1) is 18.5. The van der Waals surface area contributed by atoms with E-state index < -0.39 is 0 Å². The van der Waals surface area contributed by atoms with Gasteiger partial charge in [0.1, 0.15) is 0 Å². The molecule has 0 spiro atoms. The van der Waals surface area contributed by atoms with Crippen molar-refractivity contribution in [3.05, 3.63) is 59.4 Å². The molecule has 1 fully saturated rings. The number of aliphatic imine (C=N–C) groups is 1. The summed E-state index contributed by atoms with van der Waals surface area (Å²) >= 11 is 6.12. The van der Waals surface area contributed by atoms with Crippen LogP contribution in [0.3, 0.4) is 0 Å². The minimum absolute atomic E-state index is 0.744. The number of hydrogen-bond donors (Lipinski definition) is 1. The molecule has 1 N–H and O–H groups in total. The van der Waals surface area contributed by atoms with Crippen molar-refractivity contribution in [3.8, 4) is 0 Å². The van der Waals surface area contributed by atoms with Crippen LogP contribution in [0.2, 0.25) is 5.02 Å². The Morgan fingerprint density at radius 3 is 2.69 bits per heavy atom. The second-order valence-corrected chi connectivity index (χ2v) is 6.70. The lowest BCUT2D eigenvalue weighted by Gasteiger charge is -2.37. The van der Waals surface area contributed by atoms with Crippen LogP contribution in [0.4, 0.5) is 5.69 Å². The summed E-state index contributed by atoms with van der Waals surface area (Å²) < 4.78 is 0. The van der Waals surface area contributed by atoms with E-state index in [1.54, 1.807) is 0 Å². The van der Waals surface area contributed by atoms with E-state index in [0.717, 1.165) is 62.4 Å². The molecule has 0 radical (unpaired) electrons. The zero-order valence-corrected chi connectivity index (χ0v) is 16.0. The first-order valence-corrected chi connectivity index (χ1v) is 9.57. The van der Waals surface area contributed by atoms with Gasteiger partial charge >= 0.3 is 0 Å². The maximum Gasteiger partial charge on any atom is 0.194 e. The quantitative estimate of drug-likeness (QED) is 0.648. The maximum atomic E-state index is 6.12. The number of halogens is 1. The summed E-state index contributed by atoms with van der Waals surface area (Å²) in [6.07, 6.45) is 2.69. The molecule has 1 aromatic carbocycles. The average Bonchev–Trinajstić information content (AvgIpc) is 2.68. The Morgan fingerprint density at radius 1 is 1.15 bits per heavy atom. The monoisotopic (exact) mass is 371 g/mol. The van der Waals surface area contributed by atoms with Crippen molar-refractivity contribution in [1.82, 2.24) is 15.2 Å². The predicted molar refractivity (Wildman–Crippen MR) is 109 cm³/mol. The van der Waals surface area contributed by atoms with Crippen LogP contribution in [0, 0.1) is 0 Å². The van der Waals surface area contributed by atoms with Crippen LogP contribution in [-0.4, -0.2) is 55.1 Å². The number of nitrogens with zero attached hydrogens (tertiary/aromatic N) is 4. The van der Waals surface area contributed by atoms with Gasteiger partial charge in [-0.2, -0.15) is 0 Å². The highest BCUT2D eigenvalue weighted by Crippen LogP contribution is 2.20. The molecule has 1 aromatic heterocycles. The van der Waals surface area contributed by atoms with Crippen molar-refractivity contribution in [3.63, 3.8) is 0 Å². The number of piperazine rings is 1. The summed E-state index contributed by atoms with van der Waals surface area (Å²) in [5, 5.41) is 4.20. The fraction of sp³-hybridized carbons (Fsp3) is 0.400. The van der Waals surface area contributed by atoms with Crippen LogP contribution in [-0.2, 0) is 6.42 Å². The molecule has 0 unspecified atom stereocenters. The number of anilines is 1. The average molecular weight is 372 g/mol. The zero-order valence-electron chi connectivity index (χ0n) is 15.2. The molecule has 5 nitrogen and oxygen atoms in total. The molecular formula is C20H26ClN5. The Morgan fingerprint density at radius 2 is 2.00 bits per heavy atom. The van der Waals surface area contributed by atoms with Gasteiger partial charge in [-0.1, -0.05) is 23.7 Å². The Kier molecular flexibility index (Phi) is 6.72.